The lowest BCUT2D eigenvalue weighted by molar-refractivity contribution is -0.170. The Hall–Kier alpha value is -3.00. The Morgan fingerprint density at radius 2 is 2.00 bits per heavy atom. The van der Waals surface area contributed by atoms with Crippen LogP contribution in [0.5, 0.6) is 5.75 Å². The Balaban J connectivity index is 0.000000531. The smallest absolute Gasteiger partial charge is 0.446 e. The van der Waals surface area contributed by atoms with Crippen LogP contribution in [0.4, 0.5) is 13.2 Å². The second-order valence-electron chi connectivity index (χ2n) is 10.4. The number of rotatable bonds is 5. The molecular formula is C26H31F3N2O8. The van der Waals surface area contributed by atoms with Gasteiger partial charge in [0.25, 0.3) is 0 Å². The maximum absolute atomic E-state index is 12.8. The predicted octanol–water partition coefficient (Wildman–Crippen LogP) is 0.633. The van der Waals surface area contributed by atoms with Crippen molar-refractivity contribution in [2.24, 2.45) is 0 Å². The van der Waals surface area contributed by atoms with Gasteiger partial charge in [-0.3, -0.25) is 9.59 Å². The summed E-state index contributed by atoms with van der Waals surface area (Å²) in [5.74, 6) is -0.475. The molecule has 1 spiro atoms. The molecule has 1 fully saturated rings. The van der Waals surface area contributed by atoms with Crippen LogP contribution >= 0.6 is 0 Å². The molecule has 1 aromatic rings. The number of hydrogen-bond acceptors (Lipinski definition) is 9. The number of nitrogens with one attached hydrogen (secondary N) is 1. The number of halogens is 3. The van der Waals surface area contributed by atoms with Gasteiger partial charge in [0.05, 0.1) is 17.6 Å². The first-order chi connectivity index (χ1) is 18.2. The summed E-state index contributed by atoms with van der Waals surface area (Å²) in [5.41, 5.74) is 0.730. The van der Waals surface area contributed by atoms with Gasteiger partial charge in [0, 0.05) is 23.6 Å². The molecular weight excluding hydrogens is 525 g/mol. The van der Waals surface area contributed by atoms with Crippen LogP contribution in [0.15, 0.2) is 24.0 Å². The van der Waals surface area contributed by atoms with Crippen LogP contribution in [0.25, 0.3) is 0 Å². The average molecular weight is 557 g/mol. The van der Waals surface area contributed by atoms with Gasteiger partial charge < -0.3 is 35.0 Å². The van der Waals surface area contributed by atoms with Crippen LogP contribution in [-0.4, -0.2) is 88.0 Å². The largest absolute Gasteiger partial charge is 0.481 e. The van der Waals surface area contributed by atoms with E-state index in [9.17, 15) is 38.1 Å². The first kappa shape index (κ1) is 29.0. The number of likely N-dealkylation sites (tertiary alicyclic amines) is 1. The molecule has 2 aliphatic heterocycles. The number of hydrogen-bond donors (Lipinski definition) is 4. The summed E-state index contributed by atoms with van der Waals surface area (Å²) in [4.78, 5) is 35.5. The molecule has 2 heterocycles. The lowest BCUT2D eigenvalue weighted by Gasteiger charge is -2.61. The van der Waals surface area contributed by atoms with E-state index in [4.69, 9.17) is 14.3 Å². The Bertz CT molecular complexity index is 1200. The van der Waals surface area contributed by atoms with Gasteiger partial charge in [-0.15, -0.1) is 0 Å². The highest BCUT2D eigenvalue weighted by Gasteiger charge is 2.71. The van der Waals surface area contributed by atoms with Gasteiger partial charge in [-0.2, -0.15) is 13.2 Å². The van der Waals surface area contributed by atoms with Crippen molar-refractivity contribution >= 4 is 18.2 Å². The van der Waals surface area contributed by atoms with Crippen LogP contribution in [0.3, 0.4) is 0 Å². The van der Waals surface area contributed by atoms with Gasteiger partial charge in [-0.05, 0) is 51.9 Å². The zero-order chi connectivity index (χ0) is 28.9. The third-order valence-corrected chi connectivity index (χ3v) is 8.07. The number of esters is 1. The van der Waals surface area contributed by atoms with Crippen molar-refractivity contribution in [2.75, 3.05) is 13.6 Å². The summed E-state index contributed by atoms with van der Waals surface area (Å²) in [6, 6.07) is 2.76. The molecule has 4 aliphatic rings. The number of amides is 1. The highest BCUT2D eigenvalue weighted by Crippen LogP contribution is 2.64. The summed E-state index contributed by atoms with van der Waals surface area (Å²) >= 11 is 0. The highest BCUT2D eigenvalue weighted by molar-refractivity contribution is 5.86. The van der Waals surface area contributed by atoms with Crippen molar-refractivity contribution in [1.29, 1.82) is 0 Å². The minimum Gasteiger partial charge on any atom is -0.481 e. The minimum atomic E-state index is -4.64. The molecule has 2 aliphatic carbocycles. The monoisotopic (exact) mass is 556 g/mol. The van der Waals surface area contributed by atoms with Crippen LogP contribution in [0.1, 0.15) is 43.4 Å². The number of aliphatic hydroxyl groups excluding tert-OH is 2. The fourth-order valence-electron chi connectivity index (χ4n) is 6.23. The summed E-state index contributed by atoms with van der Waals surface area (Å²) in [6.07, 6.45) is -4.38. The van der Waals surface area contributed by atoms with E-state index in [2.05, 4.69) is 10.2 Å². The summed E-state index contributed by atoms with van der Waals surface area (Å²) in [6.45, 7) is 3.35. The molecule has 1 amide bonds. The highest BCUT2D eigenvalue weighted by atomic mass is 19.4. The summed E-state index contributed by atoms with van der Waals surface area (Å²) < 4.78 is 43.4. The zero-order valence-corrected chi connectivity index (χ0v) is 21.6. The lowest BCUT2D eigenvalue weighted by atomic mass is 9.50. The molecule has 4 N–H and O–H groups in total. The Kier molecular flexibility index (Phi) is 7.58. The summed E-state index contributed by atoms with van der Waals surface area (Å²) in [5, 5.41) is 33.9. The van der Waals surface area contributed by atoms with E-state index >= 15 is 0 Å². The van der Waals surface area contributed by atoms with Crippen molar-refractivity contribution in [3.8, 4) is 5.75 Å². The van der Waals surface area contributed by atoms with Gasteiger partial charge in [-0.1, -0.05) is 12.1 Å². The number of benzene rings is 1. The summed E-state index contributed by atoms with van der Waals surface area (Å²) in [7, 11) is 2.01. The fraction of sp³-hybridized carbons (Fsp3) is 0.577. The van der Waals surface area contributed by atoms with Crippen molar-refractivity contribution in [3.05, 3.63) is 40.7 Å². The number of carbonyl (C=O) groups excluding carboxylic acids is 3. The molecule has 1 saturated heterocycles. The number of carbonyl (C=O) groups is 3. The van der Waals surface area contributed by atoms with Crippen molar-refractivity contribution in [2.45, 2.75) is 81.2 Å². The van der Waals surface area contributed by atoms with Gasteiger partial charge in [0.2, 0.25) is 12.2 Å². The third-order valence-electron chi connectivity index (χ3n) is 8.07. The molecule has 13 heteroatoms. The molecule has 2 bridgehead atoms. The van der Waals surface area contributed by atoms with E-state index in [0.29, 0.717) is 36.3 Å². The molecule has 10 nitrogen and oxygen atoms in total. The average Bonchev–Trinajstić information content (AvgIpc) is 3.23. The Morgan fingerprint density at radius 1 is 1.33 bits per heavy atom. The quantitative estimate of drug-likeness (QED) is 0.303. The van der Waals surface area contributed by atoms with E-state index in [0.717, 1.165) is 17.7 Å². The van der Waals surface area contributed by atoms with Crippen LogP contribution in [0.2, 0.25) is 0 Å². The molecule has 1 aromatic carbocycles. The molecule has 0 unspecified atom stereocenters. The van der Waals surface area contributed by atoms with Crippen LogP contribution in [0, 0.1) is 0 Å². The predicted molar refractivity (Wildman–Crippen MR) is 128 cm³/mol. The standard InChI is InChI=1S/C24H30N2O7.C2HF3O/c1-12(25-21(29)13(2)28)22(30)32-16-6-7-24(31)17-10-14-4-5-15(11-27)19-18(14)23(24,20(16)33-19)8-9-26(17)3;3-2(4,5)1-6/h4-6,12-13,17,20,27-28,31H,7-11H2,1-3H3,(H,25,29);1H/t12-,13-,17+,20-,23-,24+;/m0./s1. The van der Waals surface area contributed by atoms with E-state index < -0.39 is 53.6 Å². The van der Waals surface area contributed by atoms with Crippen molar-refractivity contribution < 1.29 is 52.3 Å². The Labute approximate surface area is 222 Å². The number of nitrogens with zero attached hydrogens (tertiary/aromatic N) is 1. The van der Waals surface area contributed by atoms with E-state index in [1.807, 2.05) is 19.2 Å². The third kappa shape index (κ3) is 4.71. The second-order valence-corrected chi connectivity index (χ2v) is 10.4. The van der Waals surface area contributed by atoms with Crippen LogP contribution in [-0.2, 0) is 37.6 Å². The molecule has 5 rings (SSSR count). The number of ether oxygens (including phenoxy) is 2. The fourth-order valence-corrected chi connectivity index (χ4v) is 6.23. The van der Waals surface area contributed by atoms with Gasteiger partial charge >= 0.3 is 12.1 Å². The van der Waals surface area contributed by atoms with E-state index in [-0.39, 0.29) is 12.6 Å². The maximum atomic E-state index is 12.8. The number of aldehydes is 1. The normalized spacial score (nSPS) is 29.9. The topological polar surface area (TPSA) is 146 Å². The zero-order valence-electron chi connectivity index (χ0n) is 21.6. The minimum absolute atomic E-state index is 0.117. The van der Waals surface area contributed by atoms with E-state index in [1.165, 1.54) is 13.8 Å². The first-order valence-corrected chi connectivity index (χ1v) is 12.5. The number of alkyl halides is 3. The van der Waals surface area contributed by atoms with Crippen LogP contribution < -0.4 is 10.1 Å². The Morgan fingerprint density at radius 3 is 2.59 bits per heavy atom. The maximum Gasteiger partial charge on any atom is 0.446 e. The molecule has 39 heavy (non-hydrogen) atoms. The number of aliphatic hydroxyl groups is 3. The number of piperidine rings is 1. The van der Waals surface area contributed by atoms with E-state index in [1.54, 1.807) is 6.08 Å². The second kappa shape index (κ2) is 10.2. The molecule has 0 saturated carbocycles. The van der Waals surface area contributed by atoms with Crippen molar-refractivity contribution in [1.82, 2.24) is 10.2 Å². The lowest BCUT2D eigenvalue weighted by Crippen LogP contribution is -2.74. The molecule has 0 aromatic heterocycles. The molecule has 214 valence electrons. The van der Waals surface area contributed by atoms with Crippen molar-refractivity contribution in [3.63, 3.8) is 0 Å². The van der Waals surface area contributed by atoms with Gasteiger partial charge in [-0.25, -0.2) is 4.79 Å². The number of likely N-dealkylation sites (N-methyl/N-ethyl adjacent to an activating group) is 1. The molecule has 0 radical (unpaired) electrons. The van der Waals surface area contributed by atoms with Gasteiger partial charge in [0.1, 0.15) is 23.7 Å². The SMILES string of the molecule is C[C@H](O)C(=O)N[C@@H](C)C(=O)OC1=CC[C@@]2(O)[C@H]3Cc4ccc(CO)c5c4[C@@]2(CCN3C)[C@H]1O5.O=CC(F)(F)F. The van der Waals surface area contributed by atoms with Gasteiger partial charge in [0.15, 0.2) is 6.10 Å². The molecule has 6 atom stereocenters. The first-order valence-electron chi connectivity index (χ1n) is 12.5.